The first kappa shape index (κ1) is 14.9. The van der Waals surface area contributed by atoms with Crippen molar-refractivity contribution in [1.29, 1.82) is 0 Å². The first-order valence-corrected chi connectivity index (χ1v) is 6.72. The van der Waals surface area contributed by atoms with Crippen LogP contribution in [0.15, 0.2) is 53.0 Å². The number of nitrogens with one attached hydrogen (secondary N) is 1. The lowest BCUT2D eigenvalue weighted by molar-refractivity contribution is 0.0996. The Morgan fingerprint density at radius 1 is 1.43 bits per heavy atom. The van der Waals surface area contributed by atoms with Crippen LogP contribution in [-0.4, -0.2) is 22.0 Å². The van der Waals surface area contributed by atoms with Crippen LogP contribution >= 0.6 is 0 Å². The largest absolute Gasteiger partial charge is 0.423 e. The lowest BCUT2D eigenvalue weighted by Crippen LogP contribution is -2.17. The third-order valence-electron chi connectivity index (χ3n) is 3.23. The van der Waals surface area contributed by atoms with Gasteiger partial charge < -0.3 is 15.5 Å². The second kappa shape index (κ2) is 5.99. The summed E-state index contributed by atoms with van der Waals surface area (Å²) in [5, 5.41) is 2.77. The Bertz CT molecular complexity index is 786. The number of halogens is 2. The van der Waals surface area contributed by atoms with Crippen molar-refractivity contribution in [2.45, 2.75) is 12.1 Å². The van der Waals surface area contributed by atoms with Gasteiger partial charge in [0.05, 0.1) is 11.9 Å². The number of pyridine rings is 1. The van der Waals surface area contributed by atoms with Crippen molar-refractivity contribution in [3.63, 3.8) is 0 Å². The minimum atomic E-state index is -1.65. The Kier molecular flexibility index (Phi) is 3.88. The molecule has 0 fully saturated rings. The topological polar surface area (TPSA) is 94.0 Å². The van der Waals surface area contributed by atoms with Gasteiger partial charge in [-0.1, -0.05) is 6.08 Å². The quantitative estimate of drug-likeness (QED) is 0.904. The molecule has 2 aromatic heterocycles. The number of oxazole rings is 1. The first-order chi connectivity index (χ1) is 11.1. The van der Waals surface area contributed by atoms with Crippen LogP contribution in [0.5, 0.6) is 0 Å². The fourth-order valence-corrected chi connectivity index (χ4v) is 2.16. The number of primary amides is 1. The summed E-state index contributed by atoms with van der Waals surface area (Å²) in [6.45, 7) is 0. The van der Waals surface area contributed by atoms with Gasteiger partial charge in [-0.3, -0.25) is 9.78 Å². The Morgan fingerprint density at radius 2 is 2.26 bits per heavy atom. The second-order valence-corrected chi connectivity index (χ2v) is 4.82. The molecule has 8 heteroatoms. The van der Waals surface area contributed by atoms with Crippen LogP contribution in [0.4, 0.5) is 20.4 Å². The number of anilines is 2. The van der Waals surface area contributed by atoms with Gasteiger partial charge in [0.1, 0.15) is 17.9 Å². The Hall–Kier alpha value is -3.03. The lowest BCUT2D eigenvalue weighted by atomic mass is 9.97. The van der Waals surface area contributed by atoms with Crippen molar-refractivity contribution in [3.05, 3.63) is 60.2 Å². The van der Waals surface area contributed by atoms with Crippen molar-refractivity contribution >= 4 is 17.5 Å². The van der Waals surface area contributed by atoms with Crippen LogP contribution in [0.1, 0.15) is 22.3 Å². The van der Waals surface area contributed by atoms with Gasteiger partial charge >= 0.3 is 0 Å². The third kappa shape index (κ3) is 2.96. The molecule has 2 heterocycles. The molecule has 0 aliphatic heterocycles. The summed E-state index contributed by atoms with van der Waals surface area (Å²) in [5.41, 5.74) is 5.52. The van der Waals surface area contributed by atoms with Gasteiger partial charge in [0, 0.05) is 6.20 Å². The van der Waals surface area contributed by atoms with Crippen LogP contribution in [-0.2, 0) is 0 Å². The molecular weight excluding hydrogens is 306 g/mol. The predicted octanol–water partition coefficient (Wildman–Crippen LogP) is 2.76. The SMILES string of the molecule is NC(=O)c1nc(C2C(F)=CC=CC2F)oc1Nc1cccnc1. The molecule has 3 rings (SSSR count). The molecule has 0 radical (unpaired) electrons. The molecule has 2 aromatic rings. The van der Waals surface area contributed by atoms with Gasteiger partial charge in [0.25, 0.3) is 5.91 Å². The number of hydrogen-bond donors (Lipinski definition) is 2. The van der Waals surface area contributed by atoms with E-state index >= 15 is 0 Å². The van der Waals surface area contributed by atoms with E-state index in [0.717, 1.165) is 6.08 Å². The third-order valence-corrected chi connectivity index (χ3v) is 3.23. The van der Waals surface area contributed by atoms with Crippen molar-refractivity contribution in [2.75, 3.05) is 5.32 Å². The highest BCUT2D eigenvalue weighted by Gasteiger charge is 2.34. The number of carbonyl (C=O) groups is 1. The number of aromatic nitrogens is 2. The van der Waals surface area contributed by atoms with E-state index in [1.165, 1.54) is 18.3 Å². The molecule has 1 aliphatic rings. The summed E-state index contributed by atoms with van der Waals surface area (Å²) in [6.07, 6.45) is 4.96. The van der Waals surface area contributed by atoms with E-state index in [1.807, 2.05) is 0 Å². The van der Waals surface area contributed by atoms with Crippen LogP contribution in [0, 0.1) is 0 Å². The number of amides is 1. The van der Waals surface area contributed by atoms with Gasteiger partial charge in [-0.25, -0.2) is 13.8 Å². The van der Waals surface area contributed by atoms with E-state index < -0.39 is 23.8 Å². The summed E-state index contributed by atoms with van der Waals surface area (Å²) in [7, 11) is 0. The molecule has 3 N–H and O–H groups in total. The zero-order chi connectivity index (χ0) is 16.4. The Morgan fingerprint density at radius 3 is 2.91 bits per heavy atom. The fraction of sp³-hybridized carbons (Fsp3) is 0.133. The molecule has 1 amide bonds. The summed E-state index contributed by atoms with van der Waals surface area (Å²) in [6, 6.07) is 3.33. The maximum absolute atomic E-state index is 13.9. The second-order valence-electron chi connectivity index (χ2n) is 4.82. The van der Waals surface area contributed by atoms with Crippen molar-refractivity contribution in [3.8, 4) is 0 Å². The minimum Gasteiger partial charge on any atom is -0.423 e. The summed E-state index contributed by atoms with van der Waals surface area (Å²) in [4.78, 5) is 19.2. The summed E-state index contributed by atoms with van der Waals surface area (Å²) in [5.74, 6) is -3.32. The van der Waals surface area contributed by atoms with Crippen LogP contribution in [0.25, 0.3) is 0 Å². The van der Waals surface area contributed by atoms with E-state index in [2.05, 4.69) is 15.3 Å². The Labute approximate surface area is 129 Å². The molecule has 23 heavy (non-hydrogen) atoms. The highest BCUT2D eigenvalue weighted by atomic mass is 19.1. The van der Waals surface area contributed by atoms with Gasteiger partial charge in [-0.2, -0.15) is 0 Å². The van der Waals surface area contributed by atoms with E-state index in [-0.39, 0.29) is 17.5 Å². The average Bonchev–Trinajstić information content (AvgIpc) is 2.92. The zero-order valence-electron chi connectivity index (χ0n) is 11.7. The minimum absolute atomic E-state index is 0.0879. The number of alkyl halides is 1. The van der Waals surface area contributed by atoms with Gasteiger partial charge in [-0.15, -0.1) is 0 Å². The fourth-order valence-electron chi connectivity index (χ4n) is 2.16. The van der Waals surface area contributed by atoms with E-state index in [4.69, 9.17) is 10.2 Å². The number of rotatable bonds is 4. The molecule has 0 bridgehead atoms. The van der Waals surface area contributed by atoms with Crippen molar-refractivity contribution in [1.82, 2.24) is 9.97 Å². The normalized spacial score (nSPS) is 20.2. The van der Waals surface area contributed by atoms with Crippen LogP contribution < -0.4 is 11.1 Å². The number of hydrogen-bond acceptors (Lipinski definition) is 5. The number of nitrogens with zero attached hydrogens (tertiary/aromatic N) is 2. The molecule has 2 atom stereocenters. The highest BCUT2D eigenvalue weighted by molar-refractivity contribution is 5.95. The van der Waals surface area contributed by atoms with Gasteiger partial charge in [-0.05, 0) is 24.3 Å². The molecule has 0 saturated heterocycles. The molecule has 1 aliphatic carbocycles. The van der Waals surface area contributed by atoms with Crippen molar-refractivity contribution < 1.29 is 18.0 Å². The molecule has 0 spiro atoms. The van der Waals surface area contributed by atoms with E-state index in [1.54, 1.807) is 18.3 Å². The number of carbonyl (C=O) groups excluding carboxylic acids is 1. The molecule has 118 valence electrons. The monoisotopic (exact) mass is 318 g/mol. The smallest absolute Gasteiger partial charge is 0.273 e. The summed E-state index contributed by atoms with van der Waals surface area (Å²) < 4.78 is 33.2. The van der Waals surface area contributed by atoms with Crippen LogP contribution in [0.2, 0.25) is 0 Å². The lowest BCUT2D eigenvalue weighted by Gasteiger charge is -2.16. The van der Waals surface area contributed by atoms with E-state index in [9.17, 15) is 13.6 Å². The van der Waals surface area contributed by atoms with E-state index in [0.29, 0.717) is 5.69 Å². The molecular formula is C15H12F2N4O2. The molecule has 6 nitrogen and oxygen atoms in total. The highest BCUT2D eigenvalue weighted by Crippen LogP contribution is 2.36. The van der Waals surface area contributed by atoms with Gasteiger partial charge in [0.2, 0.25) is 11.8 Å². The summed E-state index contributed by atoms with van der Waals surface area (Å²) >= 11 is 0. The molecule has 0 saturated carbocycles. The van der Waals surface area contributed by atoms with Gasteiger partial charge in [0.15, 0.2) is 5.69 Å². The zero-order valence-corrected chi connectivity index (χ0v) is 11.7. The van der Waals surface area contributed by atoms with Crippen molar-refractivity contribution in [2.24, 2.45) is 5.73 Å². The maximum Gasteiger partial charge on any atom is 0.273 e. The number of nitrogens with two attached hydrogens (primary N) is 1. The predicted molar refractivity (Wildman–Crippen MR) is 78.5 cm³/mol. The maximum atomic E-state index is 13.9. The van der Waals surface area contributed by atoms with Crippen LogP contribution in [0.3, 0.4) is 0 Å². The first-order valence-electron chi connectivity index (χ1n) is 6.72. The molecule has 0 aromatic carbocycles. The average molecular weight is 318 g/mol. The standard InChI is InChI=1S/C15H12F2N4O2/c16-9-4-1-5-10(17)11(9)14-21-12(13(18)22)15(23-14)20-8-3-2-6-19-7-8/h1-7,9,11,20H,(H2,18,22). The Balaban J connectivity index is 1.98. The number of allylic oxidation sites excluding steroid dienone is 4. The molecule has 2 unspecified atom stereocenters.